The van der Waals surface area contributed by atoms with E-state index in [9.17, 15) is 4.79 Å². The first-order chi connectivity index (χ1) is 19.7. The second-order valence-electron chi connectivity index (χ2n) is 10.3. The van der Waals surface area contributed by atoms with Crippen LogP contribution in [0.25, 0.3) is 11.5 Å². The average molecular weight is 546 g/mol. The summed E-state index contributed by atoms with van der Waals surface area (Å²) in [5.41, 5.74) is 3.58. The Morgan fingerprint density at radius 2 is 1.73 bits per heavy atom. The third-order valence-electron chi connectivity index (χ3n) is 7.44. The molecule has 2 aliphatic rings. The molecule has 1 aliphatic carbocycles. The van der Waals surface area contributed by atoms with Gasteiger partial charge in [-0.05, 0) is 61.8 Å². The van der Waals surface area contributed by atoms with Crippen LogP contribution in [0.15, 0.2) is 54.7 Å². The summed E-state index contributed by atoms with van der Waals surface area (Å²) in [5, 5.41) is 3.52. The number of benzene rings is 1. The summed E-state index contributed by atoms with van der Waals surface area (Å²) < 4.78 is 16.2. The van der Waals surface area contributed by atoms with Crippen LogP contribution in [-0.2, 0) is 31.8 Å². The number of fused-ring (bicyclic) bond motifs is 1. The van der Waals surface area contributed by atoms with E-state index in [4.69, 9.17) is 24.2 Å². The number of hydrogen-bond donors (Lipinski definition) is 1. The molecule has 212 valence electrons. The molecule has 0 atom stereocenters. The van der Waals surface area contributed by atoms with Gasteiger partial charge in [0.15, 0.2) is 5.82 Å². The molecule has 2 aromatic heterocycles. The third kappa shape index (κ3) is 7.76. The van der Waals surface area contributed by atoms with E-state index in [0.717, 1.165) is 62.6 Å². The molecule has 40 heavy (non-hydrogen) atoms. The van der Waals surface area contributed by atoms with E-state index in [1.165, 1.54) is 11.1 Å². The van der Waals surface area contributed by atoms with E-state index in [2.05, 4.69) is 39.5 Å². The van der Waals surface area contributed by atoms with Crippen molar-refractivity contribution in [2.24, 2.45) is 5.92 Å². The van der Waals surface area contributed by atoms with Gasteiger partial charge in [0.25, 0.3) is 0 Å². The van der Waals surface area contributed by atoms with Crippen LogP contribution >= 0.6 is 0 Å². The number of aromatic nitrogens is 3. The topological polar surface area (TPSA) is 98.7 Å². The van der Waals surface area contributed by atoms with E-state index < -0.39 is 0 Å². The van der Waals surface area contributed by atoms with E-state index in [1.807, 2.05) is 31.2 Å². The summed E-state index contributed by atoms with van der Waals surface area (Å²) in [6, 6.07) is 16.5. The molecule has 0 amide bonds. The first-order valence-corrected chi connectivity index (χ1v) is 14.4. The van der Waals surface area contributed by atoms with Gasteiger partial charge >= 0.3 is 5.97 Å². The molecule has 3 aromatic rings. The minimum Gasteiger partial charge on any atom is -0.462 e. The Bertz CT molecular complexity index is 1210. The van der Waals surface area contributed by atoms with Gasteiger partial charge in [-0.25, -0.2) is 9.97 Å². The normalized spacial score (nSPS) is 18.4. The quantitative estimate of drug-likeness (QED) is 0.249. The van der Waals surface area contributed by atoms with E-state index in [0.29, 0.717) is 38.2 Å². The van der Waals surface area contributed by atoms with Crippen molar-refractivity contribution < 1.29 is 19.0 Å². The van der Waals surface area contributed by atoms with Gasteiger partial charge in [-0.3, -0.25) is 9.78 Å². The molecule has 5 rings (SSSR count). The molecule has 9 heteroatoms. The number of rotatable bonds is 13. The smallest absolute Gasteiger partial charge is 0.308 e. The molecule has 0 bridgehead atoms. The molecule has 1 aliphatic heterocycles. The molecule has 0 spiro atoms. The average Bonchev–Trinajstić information content (AvgIpc) is 3.19. The zero-order chi connectivity index (χ0) is 27.6. The molecular weight excluding hydrogens is 506 g/mol. The number of ether oxygens (including phenoxy) is 3. The highest BCUT2D eigenvalue weighted by atomic mass is 16.6. The van der Waals surface area contributed by atoms with Gasteiger partial charge in [0.05, 0.1) is 26.2 Å². The van der Waals surface area contributed by atoms with Crippen molar-refractivity contribution in [2.45, 2.75) is 45.1 Å². The highest BCUT2D eigenvalue weighted by Crippen LogP contribution is 2.31. The number of pyridine rings is 1. The summed E-state index contributed by atoms with van der Waals surface area (Å²) in [5.74, 6) is 2.54. The highest BCUT2D eigenvalue weighted by Gasteiger charge is 2.32. The van der Waals surface area contributed by atoms with Crippen LogP contribution in [0.4, 0.5) is 11.6 Å². The van der Waals surface area contributed by atoms with Crippen molar-refractivity contribution in [1.29, 1.82) is 0 Å². The van der Waals surface area contributed by atoms with Crippen molar-refractivity contribution in [3.05, 3.63) is 65.9 Å². The van der Waals surface area contributed by atoms with Crippen LogP contribution in [0.1, 0.15) is 37.3 Å². The van der Waals surface area contributed by atoms with Gasteiger partial charge in [0, 0.05) is 38.5 Å². The first-order valence-electron chi connectivity index (χ1n) is 14.4. The van der Waals surface area contributed by atoms with E-state index >= 15 is 0 Å². The summed E-state index contributed by atoms with van der Waals surface area (Å²) in [4.78, 5) is 28.7. The minimum atomic E-state index is -0.201. The lowest BCUT2D eigenvalue weighted by Gasteiger charge is -2.35. The molecular formula is C31H39N5O4. The zero-order valence-corrected chi connectivity index (χ0v) is 23.3. The van der Waals surface area contributed by atoms with E-state index in [-0.39, 0.29) is 18.5 Å². The van der Waals surface area contributed by atoms with E-state index in [1.54, 1.807) is 6.20 Å². The molecule has 1 aromatic carbocycles. The second kappa shape index (κ2) is 14.2. The monoisotopic (exact) mass is 545 g/mol. The standard InChI is InChI=1S/C31H39N5O4/c1-2-38-17-18-39-16-12-30(37)40-26-19-23(20-26)22-33-28-21-29(35-31(34-28)27-9-5-6-13-32-27)36-14-10-24-7-3-4-8-25(24)11-15-36/h3-9,13,21,23,26H,2,10-12,14-20,22H2,1H3,(H,33,34,35)/t23-,26-. The Labute approximate surface area is 236 Å². The Hall–Kier alpha value is -3.56. The maximum absolute atomic E-state index is 12.1. The van der Waals surface area contributed by atoms with Gasteiger partial charge < -0.3 is 24.4 Å². The van der Waals surface area contributed by atoms with Crippen molar-refractivity contribution in [1.82, 2.24) is 15.0 Å². The summed E-state index contributed by atoms with van der Waals surface area (Å²) in [6.45, 7) is 6.59. The molecule has 1 saturated carbocycles. The first kappa shape index (κ1) is 28.0. The van der Waals surface area contributed by atoms with Crippen LogP contribution in [-0.4, -0.2) is 73.1 Å². The number of nitrogens with one attached hydrogen (secondary N) is 1. The van der Waals surface area contributed by atoms with Gasteiger partial charge in [-0.15, -0.1) is 0 Å². The zero-order valence-electron chi connectivity index (χ0n) is 23.3. The number of carbonyl (C=O) groups is 1. The van der Waals surface area contributed by atoms with Crippen LogP contribution in [0.3, 0.4) is 0 Å². The lowest BCUT2D eigenvalue weighted by molar-refractivity contribution is -0.156. The summed E-state index contributed by atoms with van der Waals surface area (Å²) in [6.07, 6.45) is 5.69. The number of esters is 1. The Kier molecular flexibility index (Phi) is 9.92. The number of anilines is 2. The van der Waals surface area contributed by atoms with Crippen LogP contribution in [0.2, 0.25) is 0 Å². The Balaban J connectivity index is 1.15. The lowest BCUT2D eigenvalue weighted by atomic mass is 9.82. The predicted octanol–water partition coefficient (Wildman–Crippen LogP) is 4.32. The van der Waals surface area contributed by atoms with Gasteiger partial charge in [0.2, 0.25) is 0 Å². The largest absolute Gasteiger partial charge is 0.462 e. The van der Waals surface area contributed by atoms with Gasteiger partial charge in [-0.2, -0.15) is 0 Å². The van der Waals surface area contributed by atoms with Crippen molar-refractivity contribution >= 4 is 17.6 Å². The molecule has 1 N–H and O–H groups in total. The number of hydrogen-bond acceptors (Lipinski definition) is 9. The molecule has 3 heterocycles. The van der Waals surface area contributed by atoms with Crippen LogP contribution in [0, 0.1) is 5.92 Å². The van der Waals surface area contributed by atoms with Crippen molar-refractivity contribution in [3.8, 4) is 11.5 Å². The Morgan fingerprint density at radius 3 is 2.45 bits per heavy atom. The fourth-order valence-electron chi connectivity index (χ4n) is 5.14. The molecule has 0 unspecified atom stereocenters. The summed E-state index contributed by atoms with van der Waals surface area (Å²) in [7, 11) is 0. The van der Waals surface area contributed by atoms with Crippen molar-refractivity contribution in [2.75, 3.05) is 56.3 Å². The number of carbonyl (C=O) groups excluding carboxylic acids is 1. The highest BCUT2D eigenvalue weighted by molar-refractivity contribution is 5.69. The molecule has 9 nitrogen and oxygen atoms in total. The fourth-order valence-corrected chi connectivity index (χ4v) is 5.14. The van der Waals surface area contributed by atoms with Crippen molar-refractivity contribution in [3.63, 3.8) is 0 Å². The summed E-state index contributed by atoms with van der Waals surface area (Å²) >= 11 is 0. The third-order valence-corrected chi connectivity index (χ3v) is 7.44. The lowest BCUT2D eigenvalue weighted by Crippen LogP contribution is -2.37. The van der Waals surface area contributed by atoms with Gasteiger partial charge in [0.1, 0.15) is 23.4 Å². The maximum Gasteiger partial charge on any atom is 0.308 e. The predicted molar refractivity (Wildman–Crippen MR) is 154 cm³/mol. The fraction of sp³-hybridized carbons (Fsp3) is 0.484. The van der Waals surface area contributed by atoms with Crippen LogP contribution in [0.5, 0.6) is 0 Å². The second-order valence-corrected chi connectivity index (χ2v) is 10.3. The molecule has 0 radical (unpaired) electrons. The maximum atomic E-state index is 12.1. The SMILES string of the molecule is CCOCCOCCC(=O)O[C@H]1C[C@H](CNc2cc(N3CCc4ccccc4CC3)nc(-c3ccccn3)n2)C1. The number of nitrogens with zero attached hydrogens (tertiary/aromatic N) is 4. The minimum absolute atomic E-state index is 0.0218. The van der Waals surface area contributed by atoms with Gasteiger partial charge in [-0.1, -0.05) is 30.3 Å². The van der Waals surface area contributed by atoms with Crippen LogP contribution < -0.4 is 10.2 Å². The molecule has 0 saturated heterocycles. The molecule has 1 fully saturated rings. The Morgan fingerprint density at radius 1 is 0.975 bits per heavy atom.